The zero-order valence-electron chi connectivity index (χ0n) is 11.7. The summed E-state index contributed by atoms with van der Waals surface area (Å²) >= 11 is 0. The fourth-order valence-corrected chi connectivity index (χ4v) is 2.28. The Morgan fingerprint density at radius 2 is 2.11 bits per heavy atom. The molecule has 0 bridgehead atoms. The molecule has 1 aromatic rings. The molecule has 0 spiro atoms. The lowest BCUT2D eigenvalue weighted by Crippen LogP contribution is -2.36. The molecule has 0 aliphatic carbocycles. The van der Waals surface area contributed by atoms with Gasteiger partial charge in [0.1, 0.15) is 0 Å². The number of aryl methyl sites for hydroxylation is 2. The molecule has 0 aromatic heterocycles. The van der Waals surface area contributed by atoms with Gasteiger partial charge < -0.3 is 10.2 Å². The number of hydrogen-bond acceptors (Lipinski definition) is 2. The van der Waals surface area contributed by atoms with Crippen molar-refractivity contribution in [2.24, 2.45) is 0 Å². The molecule has 4 heteroatoms. The Balaban J connectivity index is 2.11. The van der Waals surface area contributed by atoms with Gasteiger partial charge in [-0.25, -0.2) is 0 Å². The molecule has 1 fully saturated rings. The lowest BCUT2D eigenvalue weighted by atomic mass is 10.1. The smallest absolute Gasteiger partial charge is 0.229 e. The predicted molar refractivity (Wildman–Crippen MR) is 75.1 cm³/mol. The van der Waals surface area contributed by atoms with Crippen molar-refractivity contribution in [2.75, 3.05) is 11.4 Å². The zero-order valence-corrected chi connectivity index (χ0v) is 11.7. The number of amides is 2. The standard InChI is InChI=1S/C15H20N2O2/c1-4-14(18)16-12-8-15(19)17(9-12)13-6-5-10(2)11(3)7-13/h5-7,12H,4,8-9H2,1-3H3,(H,16,18). The molecule has 1 saturated heterocycles. The van der Waals surface area contributed by atoms with Gasteiger partial charge in [0.15, 0.2) is 0 Å². The van der Waals surface area contributed by atoms with Crippen LogP contribution < -0.4 is 10.2 Å². The summed E-state index contributed by atoms with van der Waals surface area (Å²) in [6.07, 6.45) is 0.840. The summed E-state index contributed by atoms with van der Waals surface area (Å²) in [6, 6.07) is 5.94. The predicted octanol–water partition coefficient (Wildman–Crippen LogP) is 1.93. The molecule has 1 N–H and O–H groups in total. The quantitative estimate of drug-likeness (QED) is 0.903. The van der Waals surface area contributed by atoms with Crippen molar-refractivity contribution < 1.29 is 9.59 Å². The van der Waals surface area contributed by atoms with Crippen molar-refractivity contribution >= 4 is 17.5 Å². The molecule has 1 aliphatic rings. The van der Waals surface area contributed by atoms with Crippen molar-refractivity contribution in [3.05, 3.63) is 29.3 Å². The summed E-state index contributed by atoms with van der Waals surface area (Å²) in [6.45, 7) is 6.46. The van der Waals surface area contributed by atoms with Gasteiger partial charge >= 0.3 is 0 Å². The topological polar surface area (TPSA) is 49.4 Å². The largest absolute Gasteiger partial charge is 0.351 e. The molecule has 4 nitrogen and oxygen atoms in total. The van der Waals surface area contributed by atoms with E-state index < -0.39 is 0 Å². The number of nitrogens with zero attached hydrogens (tertiary/aromatic N) is 1. The molecule has 1 heterocycles. The van der Waals surface area contributed by atoms with Crippen LogP contribution >= 0.6 is 0 Å². The normalized spacial score (nSPS) is 18.8. The van der Waals surface area contributed by atoms with Crippen LogP contribution in [0.25, 0.3) is 0 Å². The molecule has 0 radical (unpaired) electrons. The van der Waals surface area contributed by atoms with Crippen LogP contribution in [0.5, 0.6) is 0 Å². The van der Waals surface area contributed by atoms with Gasteiger partial charge in [0.25, 0.3) is 0 Å². The second kappa shape index (κ2) is 5.43. The summed E-state index contributed by atoms with van der Waals surface area (Å²) in [4.78, 5) is 25.2. The molecule has 2 rings (SSSR count). The number of carbonyl (C=O) groups excluding carboxylic acids is 2. The lowest BCUT2D eigenvalue weighted by molar-refractivity contribution is -0.121. The van der Waals surface area contributed by atoms with Gasteiger partial charge in [0, 0.05) is 25.1 Å². The first-order valence-electron chi connectivity index (χ1n) is 6.68. The minimum absolute atomic E-state index is 0.000244. The fraction of sp³-hybridized carbons (Fsp3) is 0.467. The SMILES string of the molecule is CCC(=O)NC1CC(=O)N(c2ccc(C)c(C)c2)C1. The molecule has 2 amide bonds. The Morgan fingerprint density at radius 3 is 2.74 bits per heavy atom. The molecule has 1 aliphatic heterocycles. The van der Waals surface area contributed by atoms with Crippen LogP contribution in [0.15, 0.2) is 18.2 Å². The Hall–Kier alpha value is -1.84. The van der Waals surface area contributed by atoms with Gasteiger partial charge in [0.2, 0.25) is 11.8 Å². The van der Waals surface area contributed by atoms with Crippen molar-refractivity contribution in [2.45, 2.75) is 39.7 Å². The summed E-state index contributed by atoms with van der Waals surface area (Å²) < 4.78 is 0. The van der Waals surface area contributed by atoms with E-state index in [4.69, 9.17) is 0 Å². The highest BCUT2D eigenvalue weighted by Crippen LogP contribution is 2.24. The minimum Gasteiger partial charge on any atom is -0.351 e. The van der Waals surface area contributed by atoms with E-state index in [1.807, 2.05) is 32.0 Å². The maximum atomic E-state index is 12.0. The van der Waals surface area contributed by atoms with E-state index in [9.17, 15) is 9.59 Å². The van der Waals surface area contributed by atoms with Crippen molar-refractivity contribution in [3.8, 4) is 0 Å². The van der Waals surface area contributed by atoms with Crippen molar-refractivity contribution in [1.82, 2.24) is 5.32 Å². The number of nitrogens with one attached hydrogen (secondary N) is 1. The first-order chi connectivity index (χ1) is 9.01. The van der Waals surface area contributed by atoms with E-state index in [1.54, 1.807) is 4.90 Å². The van der Waals surface area contributed by atoms with E-state index in [0.29, 0.717) is 19.4 Å². The van der Waals surface area contributed by atoms with Gasteiger partial charge in [0.05, 0.1) is 6.04 Å². The third kappa shape index (κ3) is 2.95. The summed E-state index contributed by atoms with van der Waals surface area (Å²) in [5, 5.41) is 2.88. The Kier molecular flexibility index (Phi) is 3.88. The van der Waals surface area contributed by atoms with Crippen molar-refractivity contribution in [1.29, 1.82) is 0 Å². The maximum absolute atomic E-state index is 12.0. The first-order valence-corrected chi connectivity index (χ1v) is 6.68. The highest BCUT2D eigenvalue weighted by Gasteiger charge is 2.31. The lowest BCUT2D eigenvalue weighted by Gasteiger charge is -2.18. The second-order valence-corrected chi connectivity index (χ2v) is 5.10. The Bertz CT molecular complexity index is 511. The molecule has 0 saturated carbocycles. The average molecular weight is 260 g/mol. The molecule has 1 aromatic carbocycles. The summed E-state index contributed by atoms with van der Waals surface area (Å²) in [5.74, 6) is 0.0735. The third-order valence-corrected chi connectivity index (χ3v) is 3.61. The monoisotopic (exact) mass is 260 g/mol. The van der Waals surface area contributed by atoms with Gasteiger partial charge in [-0.3, -0.25) is 9.59 Å². The molecular weight excluding hydrogens is 240 g/mol. The minimum atomic E-state index is -0.0680. The van der Waals surface area contributed by atoms with E-state index >= 15 is 0 Å². The molecule has 1 unspecified atom stereocenters. The molecule has 19 heavy (non-hydrogen) atoms. The van der Waals surface area contributed by atoms with E-state index in [1.165, 1.54) is 11.1 Å². The van der Waals surface area contributed by atoms with Gasteiger partial charge in [-0.05, 0) is 37.1 Å². The number of carbonyl (C=O) groups is 2. The molecule has 102 valence electrons. The third-order valence-electron chi connectivity index (χ3n) is 3.61. The number of anilines is 1. The highest BCUT2D eigenvalue weighted by molar-refractivity contribution is 5.97. The Morgan fingerprint density at radius 1 is 1.37 bits per heavy atom. The second-order valence-electron chi connectivity index (χ2n) is 5.10. The maximum Gasteiger partial charge on any atom is 0.229 e. The van der Waals surface area contributed by atoms with Crippen LogP contribution in [-0.2, 0) is 9.59 Å². The van der Waals surface area contributed by atoms with Crippen LogP contribution in [0.2, 0.25) is 0 Å². The average Bonchev–Trinajstić information content (AvgIpc) is 2.73. The Labute approximate surface area is 113 Å². The van der Waals surface area contributed by atoms with E-state index in [0.717, 1.165) is 5.69 Å². The van der Waals surface area contributed by atoms with Gasteiger partial charge in [-0.2, -0.15) is 0 Å². The summed E-state index contributed by atoms with van der Waals surface area (Å²) in [5.41, 5.74) is 3.30. The number of rotatable bonds is 3. The molecule has 1 atom stereocenters. The number of hydrogen-bond donors (Lipinski definition) is 1. The fourth-order valence-electron chi connectivity index (χ4n) is 2.28. The number of benzene rings is 1. The first kappa shape index (κ1) is 13.6. The van der Waals surface area contributed by atoms with E-state index in [2.05, 4.69) is 12.2 Å². The highest BCUT2D eigenvalue weighted by atomic mass is 16.2. The van der Waals surface area contributed by atoms with Crippen LogP contribution in [0, 0.1) is 13.8 Å². The van der Waals surface area contributed by atoms with Crippen molar-refractivity contribution in [3.63, 3.8) is 0 Å². The van der Waals surface area contributed by atoms with E-state index in [-0.39, 0.29) is 17.9 Å². The van der Waals surface area contributed by atoms with Crippen LogP contribution in [0.1, 0.15) is 30.9 Å². The molecular formula is C15H20N2O2. The van der Waals surface area contributed by atoms with Gasteiger partial charge in [-0.1, -0.05) is 13.0 Å². The van der Waals surface area contributed by atoms with Crippen LogP contribution in [0.4, 0.5) is 5.69 Å². The van der Waals surface area contributed by atoms with Crippen LogP contribution in [-0.4, -0.2) is 24.4 Å². The van der Waals surface area contributed by atoms with Crippen LogP contribution in [0.3, 0.4) is 0 Å². The van der Waals surface area contributed by atoms with Gasteiger partial charge in [-0.15, -0.1) is 0 Å². The summed E-state index contributed by atoms with van der Waals surface area (Å²) in [7, 11) is 0. The zero-order chi connectivity index (χ0) is 14.0.